The second kappa shape index (κ2) is 8.00. The van der Waals surface area contributed by atoms with E-state index in [1.165, 1.54) is 25.7 Å². The summed E-state index contributed by atoms with van der Waals surface area (Å²) >= 11 is 2.00. The molecule has 1 saturated carbocycles. The molecule has 0 heterocycles. The maximum Gasteiger partial charge on any atom is 0.144 e. The second-order valence-electron chi connectivity index (χ2n) is 6.15. The molecule has 19 heavy (non-hydrogen) atoms. The maximum atomic E-state index is 8.73. The molecule has 1 aliphatic carbocycles. The molecule has 0 saturated heterocycles. The number of oxime groups is 1. The fourth-order valence-corrected chi connectivity index (χ4v) is 3.47. The van der Waals surface area contributed by atoms with Crippen molar-refractivity contribution in [2.24, 2.45) is 16.3 Å². The molecule has 0 spiro atoms. The number of amidine groups is 1. The van der Waals surface area contributed by atoms with Crippen LogP contribution in [-0.4, -0.2) is 35.1 Å². The van der Waals surface area contributed by atoms with Crippen LogP contribution in [0.15, 0.2) is 5.16 Å². The van der Waals surface area contributed by atoms with E-state index in [4.69, 9.17) is 10.9 Å². The van der Waals surface area contributed by atoms with E-state index in [0.29, 0.717) is 11.9 Å². The van der Waals surface area contributed by atoms with Gasteiger partial charge in [0, 0.05) is 16.7 Å². The molecule has 0 amide bonds. The van der Waals surface area contributed by atoms with Gasteiger partial charge in [-0.05, 0) is 44.9 Å². The van der Waals surface area contributed by atoms with Gasteiger partial charge in [0.15, 0.2) is 0 Å². The van der Waals surface area contributed by atoms with Crippen molar-refractivity contribution in [2.45, 2.75) is 63.7 Å². The van der Waals surface area contributed by atoms with Crippen molar-refractivity contribution in [3.63, 3.8) is 0 Å². The number of nitrogens with zero attached hydrogens (tertiary/aromatic N) is 1. The molecule has 0 aromatic heterocycles. The summed E-state index contributed by atoms with van der Waals surface area (Å²) in [5.74, 6) is 0.326. The lowest BCUT2D eigenvalue weighted by molar-refractivity contribution is 0.303. The molecule has 2 unspecified atom stereocenters. The first kappa shape index (κ1) is 16.6. The Morgan fingerprint density at radius 2 is 2.21 bits per heavy atom. The molecule has 1 aliphatic rings. The number of nitrogens with two attached hydrogens (primary N) is 1. The predicted octanol–water partition coefficient (Wildman–Crippen LogP) is 2.80. The van der Waals surface area contributed by atoms with E-state index in [-0.39, 0.29) is 5.41 Å². The molecular formula is C14H29N3OS. The van der Waals surface area contributed by atoms with Crippen molar-refractivity contribution in [3.8, 4) is 0 Å². The highest BCUT2D eigenvalue weighted by Crippen LogP contribution is 2.27. The Morgan fingerprint density at radius 3 is 2.84 bits per heavy atom. The lowest BCUT2D eigenvalue weighted by Gasteiger charge is -2.29. The van der Waals surface area contributed by atoms with Gasteiger partial charge in [-0.1, -0.05) is 25.4 Å². The third-order valence-corrected chi connectivity index (χ3v) is 5.27. The molecule has 4 nitrogen and oxygen atoms in total. The molecule has 5 heteroatoms. The van der Waals surface area contributed by atoms with Gasteiger partial charge in [0.25, 0.3) is 0 Å². The van der Waals surface area contributed by atoms with Crippen LogP contribution in [0.3, 0.4) is 0 Å². The number of rotatable bonds is 7. The van der Waals surface area contributed by atoms with Gasteiger partial charge in [0.2, 0.25) is 0 Å². The Hall–Kier alpha value is -0.420. The molecule has 0 bridgehead atoms. The van der Waals surface area contributed by atoms with Gasteiger partial charge >= 0.3 is 0 Å². The quantitative estimate of drug-likeness (QED) is 0.221. The zero-order chi connectivity index (χ0) is 14.3. The van der Waals surface area contributed by atoms with Crippen molar-refractivity contribution in [1.29, 1.82) is 0 Å². The number of hydrogen-bond acceptors (Lipinski definition) is 4. The van der Waals surface area contributed by atoms with E-state index in [2.05, 4.69) is 16.7 Å². The lowest BCUT2D eigenvalue weighted by Crippen LogP contribution is -2.37. The average Bonchev–Trinajstić information content (AvgIpc) is 2.43. The summed E-state index contributed by atoms with van der Waals surface area (Å²) in [6.07, 6.45) is 9.53. The van der Waals surface area contributed by atoms with Gasteiger partial charge in [-0.2, -0.15) is 11.8 Å². The minimum atomic E-state index is -0.217. The molecule has 1 fully saturated rings. The highest BCUT2D eigenvalue weighted by Gasteiger charge is 2.24. The molecule has 0 aromatic rings. The second-order valence-corrected chi connectivity index (χ2v) is 7.29. The van der Waals surface area contributed by atoms with Gasteiger partial charge in [0.1, 0.15) is 5.84 Å². The zero-order valence-corrected chi connectivity index (χ0v) is 13.3. The normalized spacial score (nSPS) is 25.5. The van der Waals surface area contributed by atoms with Crippen LogP contribution in [0.2, 0.25) is 0 Å². The van der Waals surface area contributed by atoms with Gasteiger partial charge in [-0.25, -0.2) is 0 Å². The molecule has 4 N–H and O–H groups in total. The molecule has 0 radical (unpaired) electrons. The largest absolute Gasteiger partial charge is 0.409 e. The van der Waals surface area contributed by atoms with Crippen LogP contribution in [0.25, 0.3) is 0 Å². The highest BCUT2D eigenvalue weighted by atomic mass is 32.2. The third-order valence-electron chi connectivity index (χ3n) is 4.17. The van der Waals surface area contributed by atoms with Crippen molar-refractivity contribution in [3.05, 3.63) is 0 Å². The minimum Gasteiger partial charge on any atom is -0.409 e. The molecule has 112 valence electrons. The van der Waals surface area contributed by atoms with Crippen LogP contribution >= 0.6 is 11.8 Å². The smallest absolute Gasteiger partial charge is 0.144 e. The van der Waals surface area contributed by atoms with Crippen molar-refractivity contribution >= 4 is 17.6 Å². The Labute approximate surface area is 121 Å². The fourth-order valence-electron chi connectivity index (χ4n) is 2.64. The number of thioether (sulfide) groups is 1. The minimum absolute atomic E-state index is 0.217. The molecule has 2 atom stereocenters. The van der Waals surface area contributed by atoms with E-state index in [1.54, 1.807) is 0 Å². The van der Waals surface area contributed by atoms with Crippen LogP contribution in [0.4, 0.5) is 0 Å². The monoisotopic (exact) mass is 287 g/mol. The van der Waals surface area contributed by atoms with Gasteiger partial charge in [-0.3, -0.25) is 0 Å². The first-order valence-corrected chi connectivity index (χ1v) is 8.52. The summed E-state index contributed by atoms with van der Waals surface area (Å²) in [5, 5.41) is 16.3. The average molecular weight is 287 g/mol. The Bertz CT molecular complexity index is 294. The Morgan fingerprint density at radius 1 is 1.47 bits per heavy atom. The third kappa shape index (κ3) is 5.61. The summed E-state index contributed by atoms with van der Waals surface area (Å²) < 4.78 is 0. The number of hydrogen-bond donors (Lipinski definition) is 3. The summed E-state index contributed by atoms with van der Waals surface area (Å²) in [6, 6.07) is 0.679. The molecular weight excluding hydrogens is 258 g/mol. The summed E-state index contributed by atoms with van der Waals surface area (Å²) in [6.45, 7) is 5.06. The number of nitrogens with one attached hydrogen (secondary N) is 1. The van der Waals surface area contributed by atoms with Crippen molar-refractivity contribution in [1.82, 2.24) is 5.32 Å². The zero-order valence-electron chi connectivity index (χ0n) is 12.5. The maximum absolute atomic E-state index is 8.73. The van der Waals surface area contributed by atoms with Crippen LogP contribution in [0.1, 0.15) is 52.4 Å². The van der Waals surface area contributed by atoms with Crippen LogP contribution in [0.5, 0.6) is 0 Å². The standard InChI is InChI=1S/C14H29N3OS/c1-14(2,13(15)17-18)8-5-9-16-11-6-4-7-12(10-11)19-3/h11-12,16,18H,4-10H2,1-3H3,(H2,15,17). The lowest BCUT2D eigenvalue weighted by atomic mass is 9.86. The first-order valence-electron chi connectivity index (χ1n) is 7.24. The van der Waals surface area contributed by atoms with E-state index >= 15 is 0 Å². The van der Waals surface area contributed by atoms with E-state index < -0.39 is 0 Å². The van der Waals surface area contributed by atoms with E-state index in [9.17, 15) is 0 Å². The van der Waals surface area contributed by atoms with E-state index in [1.807, 2.05) is 25.6 Å². The van der Waals surface area contributed by atoms with Crippen molar-refractivity contribution < 1.29 is 5.21 Å². The van der Waals surface area contributed by atoms with Crippen LogP contribution < -0.4 is 11.1 Å². The van der Waals surface area contributed by atoms with Gasteiger partial charge < -0.3 is 16.3 Å². The highest BCUT2D eigenvalue weighted by molar-refractivity contribution is 7.99. The summed E-state index contributed by atoms with van der Waals surface area (Å²) in [4.78, 5) is 0. The van der Waals surface area contributed by atoms with Crippen molar-refractivity contribution in [2.75, 3.05) is 12.8 Å². The topological polar surface area (TPSA) is 70.6 Å². The molecule has 1 rings (SSSR count). The van der Waals surface area contributed by atoms with E-state index in [0.717, 1.165) is 24.6 Å². The summed E-state index contributed by atoms with van der Waals surface area (Å²) in [5.41, 5.74) is 5.47. The SMILES string of the molecule is CSC1CCCC(NCCCC(C)(C)C(N)=NO)C1. The van der Waals surface area contributed by atoms with Gasteiger partial charge in [-0.15, -0.1) is 0 Å². The first-order chi connectivity index (χ1) is 8.99. The molecule has 0 aliphatic heterocycles. The fraction of sp³-hybridized carbons (Fsp3) is 0.929. The van der Waals surface area contributed by atoms with Gasteiger partial charge in [0.05, 0.1) is 0 Å². The Kier molecular flexibility index (Phi) is 7.00. The van der Waals surface area contributed by atoms with Crippen LogP contribution in [0, 0.1) is 5.41 Å². The predicted molar refractivity (Wildman–Crippen MR) is 84.0 cm³/mol. The molecule has 0 aromatic carbocycles. The van der Waals surface area contributed by atoms with Crippen LogP contribution in [-0.2, 0) is 0 Å². The summed E-state index contributed by atoms with van der Waals surface area (Å²) in [7, 11) is 0. The Balaban J connectivity index is 2.20.